The van der Waals surface area contributed by atoms with Crippen LogP contribution in [0.1, 0.15) is 40.6 Å². The molecule has 0 aliphatic carbocycles. The van der Waals surface area contributed by atoms with Crippen molar-refractivity contribution in [1.82, 2.24) is 0 Å². The Morgan fingerprint density at radius 1 is 1.19 bits per heavy atom. The molecule has 2 nitrogen and oxygen atoms in total. The van der Waals surface area contributed by atoms with Gasteiger partial charge in [-0.25, -0.2) is 0 Å². The largest absolute Gasteiger partial charge is 0.453 e. The Morgan fingerprint density at radius 2 is 1.88 bits per heavy atom. The molecule has 0 amide bonds. The second-order valence-electron chi connectivity index (χ2n) is 4.27. The highest BCUT2D eigenvalue weighted by Gasteiger charge is 2.14. The average Bonchev–Trinajstić information content (AvgIpc) is 2.70. The van der Waals surface area contributed by atoms with Gasteiger partial charge in [0.15, 0.2) is 11.5 Å². The molecule has 1 heterocycles. The van der Waals surface area contributed by atoms with Gasteiger partial charge in [-0.2, -0.15) is 0 Å². The van der Waals surface area contributed by atoms with E-state index in [0.717, 1.165) is 22.1 Å². The van der Waals surface area contributed by atoms with Gasteiger partial charge in [0.25, 0.3) is 0 Å². The second kappa shape index (κ2) is 3.78. The Bertz CT molecular complexity index is 562. The van der Waals surface area contributed by atoms with Gasteiger partial charge in [-0.3, -0.25) is 4.79 Å². The van der Waals surface area contributed by atoms with Crippen LogP contribution >= 0.6 is 0 Å². The van der Waals surface area contributed by atoms with Crippen molar-refractivity contribution in [3.63, 3.8) is 0 Å². The fraction of sp³-hybridized carbons (Fsp3) is 0.357. The first-order valence-electron chi connectivity index (χ1n) is 5.58. The number of Topliss-reactive ketones (excluding diaryl/α,β-unsaturated/α-hetero) is 1. The summed E-state index contributed by atoms with van der Waals surface area (Å²) in [4.78, 5) is 11.6. The van der Waals surface area contributed by atoms with E-state index >= 15 is 0 Å². The van der Waals surface area contributed by atoms with Crippen LogP contribution in [0.5, 0.6) is 0 Å². The van der Waals surface area contributed by atoms with Crippen molar-refractivity contribution in [2.75, 3.05) is 0 Å². The van der Waals surface area contributed by atoms with Gasteiger partial charge in [0, 0.05) is 11.8 Å². The molecule has 16 heavy (non-hydrogen) atoms. The lowest BCUT2D eigenvalue weighted by molar-refractivity contribution is 0.0963. The molecule has 84 valence electrons. The summed E-state index contributed by atoms with van der Waals surface area (Å²) in [5.41, 5.74) is 4.34. The molecule has 1 aromatic carbocycles. The Morgan fingerprint density at radius 3 is 2.50 bits per heavy atom. The first kappa shape index (κ1) is 10.9. The zero-order chi connectivity index (χ0) is 11.9. The van der Waals surface area contributed by atoms with Crippen LogP contribution in [0, 0.1) is 20.8 Å². The van der Waals surface area contributed by atoms with Crippen LogP contribution in [0.25, 0.3) is 11.0 Å². The van der Waals surface area contributed by atoms with E-state index in [0.29, 0.717) is 12.2 Å². The van der Waals surface area contributed by atoms with E-state index in [1.807, 2.05) is 26.8 Å². The van der Waals surface area contributed by atoms with Crippen LogP contribution in [-0.2, 0) is 0 Å². The van der Waals surface area contributed by atoms with Gasteiger partial charge in [-0.1, -0.05) is 13.0 Å². The molecule has 2 heteroatoms. The van der Waals surface area contributed by atoms with Crippen LogP contribution in [0.3, 0.4) is 0 Å². The van der Waals surface area contributed by atoms with Crippen molar-refractivity contribution in [1.29, 1.82) is 0 Å². The number of hydrogen-bond donors (Lipinski definition) is 0. The van der Waals surface area contributed by atoms with Crippen molar-refractivity contribution in [3.8, 4) is 0 Å². The van der Waals surface area contributed by atoms with Crippen LogP contribution < -0.4 is 0 Å². The molecule has 0 aliphatic heterocycles. The summed E-state index contributed by atoms with van der Waals surface area (Å²) < 4.78 is 5.66. The number of ketones is 1. The minimum atomic E-state index is 0.0626. The first-order chi connectivity index (χ1) is 7.54. The number of furan rings is 1. The van der Waals surface area contributed by atoms with Gasteiger partial charge in [0.05, 0.1) is 0 Å². The first-order valence-corrected chi connectivity index (χ1v) is 5.58. The smallest absolute Gasteiger partial charge is 0.197 e. The van der Waals surface area contributed by atoms with Crippen LogP contribution in [0.15, 0.2) is 16.5 Å². The molecule has 0 atom stereocenters. The molecule has 0 saturated carbocycles. The molecular weight excluding hydrogens is 200 g/mol. The van der Waals surface area contributed by atoms with E-state index < -0.39 is 0 Å². The second-order valence-corrected chi connectivity index (χ2v) is 4.27. The zero-order valence-corrected chi connectivity index (χ0v) is 10.2. The normalized spacial score (nSPS) is 11.0. The molecule has 2 aromatic rings. The van der Waals surface area contributed by atoms with E-state index in [-0.39, 0.29) is 5.78 Å². The lowest BCUT2D eigenvalue weighted by Gasteiger charge is -2.02. The molecule has 1 aromatic heterocycles. The summed E-state index contributed by atoms with van der Waals surface area (Å²) in [6, 6.07) is 4.00. The highest BCUT2D eigenvalue weighted by molar-refractivity contribution is 5.98. The number of carbonyl (C=O) groups is 1. The summed E-state index contributed by atoms with van der Waals surface area (Å²) in [6.45, 7) is 7.98. The number of aryl methyl sites for hydroxylation is 3. The lowest BCUT2D eigenvalue weighted by Crippen LogP contribution is -1.92. The third kappa shape index (κ3) is 1.54. The topological polar surface area (TPSA) is 30.2 Å². The fourth-order valence-electron chi connectivity index (χ4n) is 1.96. The summed E-state index contributed by atoms with van der Waals surface area (Å²) in [7, 11) is 0. The minimum absolute atomic E-state index is 0.0626. The van der Waals surface area contributed by atoms with Gasteiger partial charge in [0.2, 0.25) is 0 Å². The molecule has 0 spiro atoms. The standard InChI is InChI=1S/C14H16O2/c1-5-12(15)13-7-11-9(3)6-8(2)10(4)14(11)16-13/h6-7H,5H2,1-4H3. The molecule has 0 saturated heterocycles. The maximum Gasteiger partial charge on any atom is 0.197 e. The highest BCUT2D eigenvalue weighted by atomic mass is 16.3. The van der Waals surface area contributed by atoms with Gasteiger partial charge in [-0.05, 0) is 43.5 Å². The van der Waals surface area contributed by atoms with Gasteiger partial charge >= 0.3 is 0 Å². The Balaban J connectivity index is 2.74. The van der Waals surface area contributed by atoms with E-state index in [1.54, 1.807) is 0 Å². The molecule has 0 fully saturated rings. The Labute approximate surface area is 95.3 Å². The molecule has 2 rings (SSSR count). The number of fused-ring (bicyclic) bond motifs is 1. The maximum atomic E-state index is 11.6. The molecule has 0 N–H and O–H groups in total. The molecule has 0 bridgehead atoms. The highest BCUT2D eigenvalue weighted by Crippen LogP contribution is 2.28. The van der Waals surface area contributed by atoms with Gasteiger partial charge < -0.3 is 4.42 Å². The molecule has 0 aliphatic rings. The van der Waals surface area contributed by atoms with Crippen molar-refractivity contribution < 1.29 is 9.21 Å². The monoisotopic (exact) mass is 216 g/mol. The van der Waals surface area contributed by atoms with Crippen LogP contribution in [0.2, 0.25) is 0 Å². The fourth-order valence-corrected chi connectivity index (χ4v) is 1.96. The minimum Gasteiger partial charge on any atom is -0.453 e. The van der Waals surface area contributed by atoms with Crippen molar-refractivity contribution >= 4 is 16.8 Å². The molecule has 0 unspecified atom stereocenters. The zero-order valence-electron chi connectivity index (χ0n) is 10.2. The molecule has 0 radical (unpaired) electrons. The SMILES string of the molecule is CCC(=O)c1cc2c(C)cc(C)c(C)c2o1. The third-order valence-corrected chi connectivity index (χ3v) is 3.12. The average molecular weight is 216 g/mol. The summed E-state index contributed by atoms with van der Waals surface area (Å²) >= 11 is 0. The van der Waals surface area contributed by atoms with Crippen molar-refractivity contribution in [2.24, 2.45) is 0 Å². The van der Waals surface area contributed by atoms with E-state index in [9.17, 15) is 4.79 Å². The Hall–Kier alpha value is -1.57. The predicted molar refractivity (Wildman–Crippen MR) is 65.0 cm³/mol. The number of benzene rings is 1. The maximum absolute atomic E-state index is 11.6. The number of rotatable bonds is 2. The number of hydrogen-bond acceptors (Lipinski definition) is 2. The van der Waals surface area contributed by atoms with E-state index in [1.165, 1.54) is 5.56 Å². The van der Waals surface area contributed by atoms with Gasteiger partial charge in [-0.15, -0.1) is 0 Å². The summed E-state index contributed by atoms with van der Waals surface area (Å²) in [5, 5.41) is 1.06. The van der Waals surface area contributed by atoms with Crippen LogP contribution in [-0.4, -0.2) is 5.78 Å². The lowest BCUT2D eigenvalue weighted by atomic mass is 10.0. The Kier molecular flexibility index (Phi) is 2.58. The molecular formula is C14H16O2. The van der Waals surface area contributed by atoms with Crippen molar-refractivity contribution in [2.45, 2.75) is 34.1 Å². The van der Waals surface area contributed by atoms with Crippen molar-refractivity contribution in [3.05, 3.63) is 34.6 Å². The van der Waals surface area contributed by atoms with Gasteiger partial charge in [0.1, 0.15) is 5.58 Å². The van der Waals surface area contributed by atoms with E-state index in [2.05, 4.69) is 13.0 Å². The van der Waals surface area contributed by atoms with Crippen LogP contribution in [0.4, 0.5) is 0 Å². The summed E-state index contributed by atoms with van der Waals surface area (Å²) in [6.07, 6.45) is 0.483. The van der Waals surface area contributed by atoms with E-state index in [4.69, 9.17) is 4.42 Å². The number of carbonyl (C=O) groups excluding carboxylic acids is 1. The quantitative estimate of drug-likeness (QED) is 0.711. The third-order valence-electron chi connectivity index (χ3n) is 3.12. The summed E-state index contributed by atoms with van der Waals surface area (Å²) in [5.74, 6) is 0.543. The predicted octanol–water partition coefficient (Wildman–Crippen LogP) is 3.95.